The molecule has 1 fully saturated rings. The molecule has 1 atom stereocenters. The monoisotopic (exact) mass is 451 g/mol. The molecule has 3 rings (SSSR count). The van der Waals surface area contributed by atoms with E-state index in [-0.39, 0.29) is 23.6 Å². The molecule has 0 aromatic heterocycles. The van der Waals surface area contributed by atoms with Crippen molar-refractivity contribution in [1.82, 2.24) is 4.90 Å². The molecule has 176 valence electrons. The van der Waals surface area contributed by atoms with E-state index >= 15 is 0 Å². The number of ether oxygens (including phenoxy) is 1. The minimum atomic E-state index is -0.458. The fourth-order valence-electron chi connectivity index (χ4n) is 3.80. The molecule has 1 aliphatic heterocycles. The van der Waals surface area contributed by atoms with Crippen molar-refractivity contribution < 1.29 is 19.1 Å². The highest BCUT2D eigenvalue weighted by atomic mass is 16.5. The molecule has 0 aliphatic carbocycles. The predicted octanol–water partition coefficient (Wildman–Crippen LogP) is 4.56. The molecule has 1 heterocycles. The molecule has 33 heavy (non-hydrogen) atoms. The Morgan fingerprint density at radius 2 is 1.58 bits per heavy atom. The van der Waals surface area contributed by atoms with Crippen LogP contribution in [0.15, 0.2) is 48.5 Å². The van der Waals surface area contributed by atoms with Crippen LogP contribution in [0, 0.1) is 11.3 Å². The van der Waals surface area contributed by atoms with Crippen LogP contribution in [0.1, 0.15) is 50.9 Å². The highest BCUT2D eigenvalue weighted by Crippen LogP contribution is 2.24. The van der Waals surface area contributed by atoms with Crippen molar-refractivity contribution in [1.29, 1.82) is 0 Å². The van der Waals surface area contributed by atoms with Crippen LogP contribution in [-0.4, -0.2) is 42.3 Å². The Morgan fingerprint density at radius 3 is 2.18 bits per heavy atom. The highest BCUT2D eigenvalue weighted by molar-refractivity contribution is 6.04. The third kappa shape index (κ3) is 6.57. The number of nitrogens with zero attached hydrogens (tertiary/aromatic N) is 1. The summed E-state index contributed by atoms with van der Waals surface area (Å²) in [6.45, 7) is 9.32. The molecule has 7 heteroatoms. The van der Waals surface area contributed by atoms with Crippen molar-refractivity contribution in [3.05, 3.63) is 54.1 Å². The van der Waals surface area contributed by atoms with Gasteiger partial charge in [0.25, 0.3) is 5.91 Å². The predicted molar refractivity (Wildman–Crippen MR) is 129 cm³/mol. The first kappa shape index (κ1) is 24.3. The number of hydrogen-bond donors (Lipinski definition) is 2. The maximum absolute atomic E-state index is 12.8. The van der Waals surface area contributed by atoms with Gasteiger partial charge in [-0.15, -0.1) is 0 Å². The smallest absolute Gasteiger partial charge is 0.255 e. The molecule has 7 nitrogen and oxygen atoms in total. The van der Waals surface area contributed by atoms with Crippen LogP contribution in [0.5, 0.6) is 5.75 Å². The summed E-state index contributed by atoms with van der Waals surface area (Å²) in [4.78, 5) is 39.7. The van der Waals surface area contributed by atoms with Gasteiger partial charge in [-0.05, 0) is 68.3 Å². The molecule has 1 saturated heterocycles. The Labute approximate surface area is 195 Å². The molecule has 0 bridgehead atoms. The lowest BCUT2D eigenvalue weighted by atomic mass is 9.91. The number of likely N-dealkylation sites (tertiary alicyclic amines) is 1. The summed E-state index contributed by atoms with van der Waals surface area (Å²) in [7, 11) is 0. The lowest BCUT2D eigenvalue weighted by Crippen LogP contribution is -2.47. The number of rotatable bonds is 6. The van der Waals surface area contributed by atoms with E-state index in [9.17, 15) is 14.4 Å². The summed E-state index contributed by atoms with van der Waals surface area (Å²) in [5.74, 6) is 0.240. The zero-order chi connectivity index (χ0) is 24.0. The lowest BCUT2D eigenvalue weighted by molar-refractivity contribution is -0.142. The van der Waals surface area contributed by atoms with Gasteiger partial charge in [0, 0.05) is 35.4 Å². The number of piperidine rings is 1. The molecule has 0 spiro atoms. The number of benzene rings is 2. The third-order valence-corrected chi connectivity index (χ3v) is 5.56. The summed E-state index contributed by atoms with van der Waals surface area (Å²) in [5, 5.41) is 5.77. The van der Waals surface area contributed by atoms with Gasteiger partial charge >= 0.3 is 0 Å². The number of hydrogen-bond acceptors (Lipinski definition) is 4. The molecule has 2 aromatic rings. The average molecular weight is 452 g/mol. The van der Waals surface area contributed by atoms with E-state index in [1.54, 1.807) is 53.4 Å². The number of anilines is 2. The summed E-state index contributed by atoms with van der Waals surface area (Å²) < 4.78 is 5.40. The van der Waals surface area contributed by atoms with Crippen molar-refractivity contribution in [3.8, 4) is 5.75 Å². The van der Waals surface area contributed by atoms with E-state index in [1.165, 1.54) is 0 Å². The van der Waals surface area contributed by atoms with E-state index in [0.717, 1.165) is 18.6 Å². The third-order valence-electron chi connectivity index (χ3n) is 5.56. The fraction of sp³-hybridized carbons (Fsp3) is 0.423. The number of carbonyl (C=O) groups excluding carboxylic acids is 3. The van der Waals surface area contributed by atoms with Gasteiger partial charge < -0.3 is 20.3 Å². The fourth-order valence-corrected chi connectivity index (χ4v) is 3.80. The standard InChI is InChI=1S/C26H33N3O4/c1-5-33-22-14-12-21(13-15-22)27-23(30)18-8-10-20(11-9-18)28-24(31)19-7-6-16-29(17-19)25(32)26(2,3)4/h8-15,19H,5-7,16-17H2,1-4H3,(H,27,30)(H,28,31). The summed E-state index contributed by atoms with van der Waals surface area (Å²) >= 11 is 0. The number of nitrogens with one attached hydrogen (secondary N) is 2. The van der Waals surface area contributed by atoms with Crippen molar-refractivity contribution in [2.45, 2.75) is 40.5 Å². The Kier molecular flexibility index (Phi) is 7.74. The maximum Gasteiger partial charge on any atom is 0.255 e. The number of carbonyl (C=O) groups is 3. The van der Waals surface area contributed by atoms with Crippen LogP contribution >= 0.6 is 0 Å². The summed E-state index contributed by atoms with van der Waals surface area (Å²) in [5.41, 5.74) is 1.32. The summed E-state index contributed by atoms with van der Waals surface area (Å²) in [6.07, 6.45) is 1.56. The average Bonchev–Trinajstić information content (AvgIpc) is 2.80. The van der Waals surface area contributed by atoms with Crippen LogP contribution in [0.4, 0.5) is 11.4 Å². The second kappa shape index (κ2) is 10.5. The minimum Gasteiger partial charge on any atom is -0.494 e. The van der Waals surface area contributed by atoms with Crippen molar-refractivity contribution in [2.75, 3.05) is 30.3 Å². The first-order chi connectivity index (χ1) is 15.7. The van der Waals surface area contributed by atoms with E-state index < -0.39 is 5.41 Å². The minimum absolute atomic E-state index is 0.0721. The summed E-state index contributed by atoms with van der Waals surface area (Å²) in [6, 6.07) is 14.0. The van der Waals surface area contributed by atoms with Crippen molar-refractivity contribution >= 4 is 29.1 Å². The molecule has 1 aliphatic rings. The zero-order valence-corrected chi connectivity index (χ0v) is 19.8. The van der Waals surface area contributed by atoms with Gasteiger partial charge in [-0.2, -0.15) is 0 Å². The first-order valence-corrected chi connectivity index (χ1v) is 11.4. The number of amides is 3. The van der Waals surface area contributed by atoms with Gasteiger partial charge in [0.05, 0.1) is 12.5 Å². The molecule has 2 N–H and O–H groups in total. The molecule has 2 aromatic carbocycles. The van der Waals surface area contributed by atoms with Gasteiger partial charge in [0.15, 0.2) is 0 Å². The van der Waals surface area contributed by atoms with Crippen LogP contribution in [0.3, 0.4) is 0 Å². The van der Waals surface area contributed by atoms with Gasteiger partial charge in [0.2, 0.25) is 11.8 Å². The lowest BCUT2D eigenvalue weighted by Gasteiger charge is -2.35. The van der Waals surface area contributed by atoms with Crippen LogP contribution < -0.4 is 15.4 Å². The van der Waals surface area contributed by atoms with Crippen molar-refractivity contribution in [3.63, 3.8) is 0 Å². The molecular weight excluding hydrogens is 418 g/mol. The van der Waals surface area contributed by atoms with Crippen LogP contribution in [0.2, 0.25) is 0 Å². The largest absolute Gasteiger partial charge is 0.494 e. The van der Waals surface area contributed by atoms with E-state index in [0.29, 0.717) is 36.6 Å². The second-order valence-electron chi connectivity index (χ2n) is 9.32. The molecule has 1 unspecified atom stereocenters. The molecule has 0 radical (unpaired) electrons. The SMILES string of the molecule is CCOc1ccc(NC(=O)c2ccc(NC(=O)C3CCCN(C(=O)C(C)(C)C)C3)cc2)cc1. The van der Waals surface area contributed by atoms with Gasteiger partial charge in [0.1, 0.15) is 5.75 Å². The Morgan fingerprint density at radius 1 is 0.970 bits per heavy atom. The normalized spacial score (nSPS) is 16.1. The van der Waals surface area contributed by atoms with E-state index in [2.05, 4.69) is 10.6 Å². The van der Waals surface area contributed by atoms with Gasteiger partial charge in [-0.3, -0.25) is 14.4 Å². The first-order valence-electron chi connectivity index (χ1n) is 11.4. The van der Waals surface area contributed by atoms with Crippen molar-refractivity contribution in [2.24, 2.45) is 11.3 Å². The van der Waals surface area contributed by atoms with E-state index in [1.807, 2.05) is 27.7 Å². The zero-order valence-electron chi connectivity index (χ0n) is 19.8. The molecular formula is C26H33N3O4. The second-order valence-corrected chi connectivity index (χ2v) is 9.32. The quantitative estimate of drug-likeness (QED) is 0.674. The molecule has 3 amide bonds. The Bertz CT molecular complexity index is 978. The maximum atomic E-state index is 12.8. The van der Waals surface area contributed by atoms with Crippen LogP contribution in [0.25, 0.3) is 0 Å². The van der Waals surface area contributed by atoms with Gasteiger partial charge in [-0.25, -0.2) is 0 Å². The topological polar surface area (TPSA) is 87.7 Å². The highest BCUT2D eigenvalue weighted by Gasteiger charge is 2.33. The van der Waals surface area contributed by atoms with E-state index in [4.69, 9.17) is 4.74 Å². The van der Waals surface area contributed by atoms with Gasteiger partial charge in [-0.1, -0.05) is 20.8 Å². The Balaban J connectivity index is 1.55. The Hall–Kier alpha value is -3.35. The molecule has 0 saturated carbocycles. The van der Waals surface area contributed by atoms with Crippen LogP contribution in [-0.2, 0) is 9.59 Å².